The molecule has 0 atom stereocenters. The lowest BCUT2D eigenvalue weighted by Crippen LogP contribution is -2.02. The number of hydrogen-bond donors (Lipinski definition) is 0. The van der Waals surface area contributed by atoms with Crippen LogP contribution >= 0.6 is 0 Å². The summed E-state index contributed by atoms with van der Waals surface area (Å²) in [5.41, 5.74) is 1.15. The maximum absolute atomic E-state index is 12.6. The van der Waals surface area contributed by atoms with Crippen LogP contribution in [0, 0.1) is 0 Å². The number of benzene rings is 2. The molecule has 0 amide bonds. The number of methoxy groups -OCH3 is 4. The quantitative estimate of drug-likeness (QED) is 0.574. The van der Waals surface area contributed by atoms with Gasteiger partial charge in [0.1, 0.15) is 28.6 Å². The van der Waals surface area contributed by atoms with Crippen molar-refractivity contribution >= 4 is 11.9 Å². The Kier molecular flexibility index (Phi) is 5.84. The third kappa shape index (κ3) is 3.68. The number of ether oxygens (including phenoxy) is 4. The normalized spacial score (nSPS) is 10.5. The summed E-state index contributed by atoms with van der Waals surface area (Å²) in [5, 5.41) is 0. The second-order valence-electron chi connectivity index (χ2n) is 4.84. The summed E-state index contributed by atoms with van der Waals surface area (Å²) in [6, 6.07) is 10.6. The molecule has 0 radical (unpaired) electrons. The molecule has 2 rings (SSSR count). The number of allylic oxidation sites excluding steroid dienone is 1. The molecule has 0 aliphatic carbocycles. The smallest absolute Gasteiger partial charge is 0.193 e. The average molecular weight is 328 g/mol. The van der Waals surface area contributed by atoms with Gasteiger partial charge in [-0.2, -0.15) is 0 Å². The van der Waals surface area contributed by atoms with E-state index in [4.69, 9.17) is 18.9 Å². The molecule has 0 aliphatic heterocycles. The van der Waals surface area contributed by atoms with Gasteiger partial charge in [-0.15, -0.1) is 0 Å². The van der Waals surface area contributed by atoms with Crippen molar-refractivity contribution in [3.63, 3.8) is 0 Å². The van der Waals surface area contributed by atoms with E-state index in [0.717, 1.165) is 5.56 Å². The zero-order valence-corrected chi connectivity index (χ0v) is 14.2. The minimum atomic E-state index is -0.220. The van der Waals surface area contributed by atoms with Crippen LogP contribution in [0.4, 0.5) is 0 Å². The molecule has 2 aromatic rings. The Hall–Kier alpha value is -2.95. The van der Waals surface area contributed by atoms with Crippen molar-refractivity contribution in [3.8, 4) is 23.0 Å². The van der Waals surface area contributed by atoms with Gasteiger partial charge in [-0.3, -0.25) is 4.79 Å². The Bertz CT molecular complexity index is 727. The van der Waals surface area contributed by atoms with Gasteiger partial charge in [-0.1, -0.05) is 6.07 Å². The minimum Gasteiger partial charge on any atom is -0.497 e. The molecule has 2 aromatic carbocycles. The van der Waals surface area contributed by atoms with Crippen LogP contribution in [-0.4, -0.2) is 34.2 Å². The van der Waals surface area contributed by atoms with Crippen LogP contribution in [0.1, 0.15) is 15.9 Å². The molecule has 0 saturated heterocycles. The van der Waals surface area contributed by atoms with E-state index < -0.39 is 0 Å². The summed E-state index contributed by atoms with van der Waals surface area (Å²) in [6.45, 7) is 0. The molecule has 0 unspecified atom stereocenters. The molecule has 0 spiro atoms. The summed E-state index contributed by atoms with van der Waals surface area (Å²) in [5.74, 6) is 2.01. The zero-order valence-electron chi connectivity index (χ0n) is 14.2. The Balaban J connectivity index is 2.35. The summed E-state index contributed by atoms with van der Waals surface area (Å²) >= 11 is 0. The van der Waals surface area contributed by atoms with E-state index in [1.165, 1.54) is 20.3 Å². The van der Waals surface area contributed by atoms with Crippen molar-refractivity contribution in [1.82, 2.24) is 0 Å². The van der Waals surface area contributed by atoms with E-state index in [-0.39, 0.29) is 5.78 Å². The summed E-state index contributed by atoms with van der Waals surface area (Å²) in [4.78, 5) is 12.6. The summed E-state index contributed by atoms with van der Waals surface area (Å²) in [7, 11) is 6.18. The first-order chi connectivity index (χ1) is 11.6. The molecule has 5 heteroatoms. The fourth-order valence-corrected chi connectivity index (χ4v) is 2.30. The summed E-state index contributed by atoms with van der Waals surface area (Å²) in [6.07, 6.45) is 3.15. The Morgan fingerprint density at radius 2 is 1.46 bits per heavy atom. The summed E-state index contributed by atoms with van der Waals surface area (Å²) < 4.78 is 21.0. The van der Waals surface area contributed by atoms with Crippen LogP contribution in [0.15, 0.2) is 42.5 Å². The molecule has 0 aliphatic rings. The van der Waals surface area contributed by atoms with E-state index in [9.17, 15) is 4.79 Å². The zero-order chi connectivity index (χ0) is 17.5. The SMILES string of the molecule is COc1ccc(/C=C/C(=O)c2c(OC)cccc2OC)c(OC)c1. The van der Waals surface area contributed by atoms with E-state index in [0.29, 0.717) is 28.6 Å². The first-order valence-electron chi connectivity index (χ1n) is 7.30. The van der Waals surface area contributed by atoms with Crippen molar-refractivity contribution in [2.45, 2.75) is 0 Å². The number of ketones is 1. The van der Waals surface area contributed by atoms with Gasteiger partial charge in [-0.25, -0.2) is 0 Å². The van der Waals surface area contributed by atoms with Gasteiger partial charge in [0.25, 0.3) is 0 Å². The van der Waals surface area contributed by atoms with Gasteiger partial charge < -0.3 is 18.9 Å². The fourth-order valence-electron chi connectivity index (χ4n) is 2.30. The van der Waals surface area contributed by atoms with Crippen molar-refractivity contribution < 1.29 is 23.7 Å². The van der Waals surface area contributed by atoms with Crippen LogP contribution < -0.4 is 18.9 Å². The molecular weight excluding hydrogens is 308 g/mol. The first kappa shape index (κ1) is 17.4. The van der Waals surface area contributed by atoms with Gasteiger partial charge >= 0.3 is 0 Å². The highest BCUT2D eigenvalue weighted by atomic mass is 16.5. The highest BCUT2D eigenvalue weighted by molar-refractivity contribution is 6.10. The monoisotopic (exact) mass is 328 g/mol. The third-order valence-electron chi connectivity index (χ3n) is 3.53. The Labute approximate surface area is 141 Å². The second-order valence-corrected chi connectivity index (χ2v) is 4.84. The standard InChI is InChI=1S/C19H20O5/c1-21-14-10-8-13(18(12-14)24-4)9-11-15(20)19-16(22-2)6-5-7-17(19)23-3/h5-12H,1-4H3/b11-9+. The predicted octanol–water partition coefficient (Wildman–Crippen LogP) is 3.62. The Morgan fingerprint density at radius 1 is 0.833 bits per heavy atom. The molecule has 0 N–H and O–H groups in total. The van der Waals surface area contributed by atoms with E-state index >= 15 is 0 Å². The Morgan fingerprint density at radius 3 is 2.00 bits per heavy atom. The van der Waals surface area contributed by atoms with E-state index in [1.54, 1.807) is 50.6 Å². The number of carbonyl (C=O) groups excluding carboxylic acids is 1. The van der Waals surface area contributed by atoms with E-state index in [1.807, 2.05) is 6.07 Å². The molecular formula is C19H20O5. The number of rotatable bonds is 7. The molecule has 24 heavy (non-hydrogen) atoms. The lowest BCUT2D eigenvalue weighted by atomic mass is 10.1. The lowest BCUT2D eigenvalue weighted by molar-refractivity contribution is 0.104. The van der Waals surface area contributed by atoms with Crippen molar-refractivity contribution in [3.05, 3.63) is 53.6 Å². The van der Waals surface area contributed by atoms with Gasteiger partial charge in [-0.05, 0) is 36.4 Å². The van der Waals surface area contributed by atoms with Crippen molar-refractivity contribution in [1.29, 1.82) is 0 Å². The largest absolute Gasteiger partial charge is 0.497 e. The molecule has 0 saturated carbocycles. The molecule has 0 fully saturated rings. The minimum absolute atomic E-state index is 0.220. The maximum Gasteiger partial charge on any atom is 0.193 e. The topological polar surface area (TPSA) is 54.0 Å². The van der Waals surface area contributed by atoms with Crippen LogP contribution in [0.2, 0.25) is 0 Å². The molecule has 5 nitrogen and oxygen atoms in total. The second kappa shape index (κ2) is 8.06. The average Bonchev–Trinajstić information content (AvgIpc) is 2.64. The van der Waals surface area contributed by atoms with Gasteiger partial charge in [0.15, 0.2) is 5.78 Å². The predicted molar refractivity (Wildman–Crippen MR) is 92.5 cm³/mol. The third-order valence-corrected chi connectivity index (χ3v) is 3.53. The molecule has 0 aromatic heterocycles. The highest BCUT2D eigenvalue weighted by Gasteiger charge is 2.16. The number of hydrogen-bond acceptors (Lipinski definition) is 5. The maximum atomic E-state index is 12.6. The van der Waals surface area contributed by atoms with Crippen LogP contribution in [0.3, 0.4) is 0 Å². The lowest BCUT2D eigenvalue weighted by Gasteiger charge is -2.10. The number of carbonyl (C=O) groups is 1. The van der Waals surface area contributed by atoms with E-state index in [2.05, 4.69) is 0 Å². The van der Waals surface area contributed by atoms with Gasteiger partial charge in [0.05, 0.1) is 28.4 Å². The van der Waals surface area contributed by atoms with Crippen LogP contribution in [0.25, 0.3) is 6.08 Å². The highest BCUT2D eigenvalue weighted by Crippen LogP contribution is 2.30. The van der Waals surface area contributed by atoms with Crippen LogP contribution in [-0.2, 0) is 0 Å². The first-order valence-corrected chi connectivity index (χ1v) is 7.30. The molecule has 126 valence electrons. The van der Waals surface area contributed by atoms with Crippen LogP contribution in [0.5, 0.6) is 23.0 Å². The van der Waals surface area contributed by atoms with Gasteiger partial charge in [0.2, 0.25) is 0 Å². The molecule has 0 heterocycles. The molecule has 0 bridgehead atoms. The van der Waals surface area contributed by atoms with Crippen molar-refractivity contribution in [2.24, 2.45) is 0 Å². The van der Waals surface area contributed by atoms with Gasteiger partial charge in [0, 0.05) is 11.6 Å². The van der Waals surface area contributed by atoms with Crippen molar-refractivity contribution in [2.75, 3.05) is 28.4 Å². The fraction of sp³-hybridized carbons (Fsp3) is 0.211.